The first-order chi connectivity index (χ1) is 14.9. The van der Waals surface area contributed by atoms with Gasteiger partial charge in [0.25, 0.3) is 0 Å². The number of halogens is 2. The summed E-state index contributed by atoms with van der Waals surface area (Å²) >= 11 is 4.74. The molecule has 0 aliphatic carbocycles. The molecule has 5 rings (SSSR count). The fraction of sp³-hybridized carbons (Fsp3) is 0. The zero-order valence-corrected chi connectivity index (χ0v) is 19.0. The summed E-state index contributed by atoms with van der Waals surface area (Å²) in [7, 11) is -3.61. The molecule has 154 valence electrons. The zero-order chi connectivity index (χ0) is 21.6. The molecule has 9 heteroatoms. The van der Waals surface area contributed by atoms with Crippen molar-refractivity contribution >= 4 is 42.1 Å². The fourth-order valence-electron chi connectivity index (χ4n) is 3.16. The topological polar surface area (TPSA) is 64.3 Å². The van der Waals surface area contributed by atoms with Gasteiger partial charge in [-0.2, -0.15) is 4.98 Å². The third-order valence-corrected chi connectivity index (χ3v) is 7.90. The molecule has 0 bridgehead atoms. The number of hydrogen-bond acceptors (Lipinski definition) is 5. The minimum atomic E-state index is -3.61. The monoisotopic (exact) mass is 513 g/mol. The summed E-state index contributed by atoms with van der Waals surface area (Å²) in [5.41, 5.74) is 2.35. The summed E-state index contributed by atoms with van der Waals surface area (Å²) < 4.78 is 41.4. The summed E-state index contributed by atoms with van der Waals surface area (Å²) in [5.74, 6) is 0.190. The summed E-state index contributed by atoms with van der Waals surface area (Å²) in [6, 6.07) is 19.2. The molecule has 5 aromatic rings. The maximum atomic E-state index is 13.2. The predicted molar refractivity (Wildman–Crippen MR) is 121 cm³/mol. The quantitative estimate of drug-likeness (QED) is 0.302. The van der Waals surface area contributed by atoms with Gasteiger partial charge in [0.1, 0.15) is 5.82 Å². The van der Waals surface area contributed by atoms with E-state index >= 15 is 0 Å². The second-order valence-corrected chi connectivity index (χ2v) is 10.4. The van der Waals surface area contributed by atoms with Gasteiger partial charge in [-0.25, -0.2) is 17.3 Å². The summed E-state index contributed by atoms with van der Waals surface area (Å²) in [6.07, 6.45) is 0. The maximum absolute atomic E-state index is 13.2. The number of benzene rings is 3. The van der Waals surface area contributed by atoms with Crippen LogP contribution >= 0.6 is 27.3 Å². The van der Waals surface area contributed by atoms with Crippen molar-refractivity contribution in [3.05, 3.63) is 88.5 Å². The SMILES string of the molecule is O=S(=O)(c1ccc(Br)cc1)c1ccc(-c2nc3scc(-c4ccc(F)cc4)n3n2)cc1. The Morgan fingerprint density at radius 2 is 1.42 bits per heavy atom. The van der Waals surface area contributed by atoms with Crippen LogP contribution in [0.1, 0.15) is 0 Å². The van der Waals surface area contributed by atoms with Crippen LogP contribution in [0.3, 0.4) is 0 Å². The Labute approximate surface area is 189 Å². The molecule has 2 heterocycles. The highest BCUT2D eigenvalue weighted by Crippen LogP contribution is 2.29. The lowest BCUT2D eigenvalue weighted by molar-refractivity contribution is 0.596. The molecule has 0 aliphatic rings. The van der Waals surface area contributed by atoms with Crippen molar-refractivity contribution in [1.29, 1.82) is 0 Å². The minimum Gasteiger partial charge on any atom is -0.219 e. The highest BCUT2D eigenvalue weighted by molar-refractivity contribution is 9.10. The number of sulfone groups is 1. The Morgan fingerprint density at radius 3 is 2.06 bits per heavy atom. The van der Waals surface area contributed by atoms with Crippen molar-refractivity contribution in [2.24, 2.45) is 0 Å². The fourth-order valence-corrected chi connectivity index (χ4v) is 5.51. The summed E-state index contributed by atoms with van der Waals surface area (Å²) in [6.45, 7) is 0. The van der Waals surface area contributed by atoms with Crippen LogP contribution < -0.4 is 0 Å². The minimum absolute atomic E-state index is 0.201. The van der Waals surface area contributed by atoms with E-state index in [-0.39, 0.29) is 15.6 Å². The van der Waals surface area contributed by atoms with Crippen LogP contribution in [0, 0.1) is 5.82 Å². The standard InChI is InChI=1S/C22H13BrFN3O2S2/c23-16-5-11-19(12-6-16)31(28,29)18-9-3-15(4-10-18)21-25-22-27(26-21)20(13-30-22)14-1-7-17(24)8-2-14/h1-13H. The van der Waals surface area contributed by atoms with E-state index in [0.29, 0.717) is 16.3 Å². The van der Waals surface area contributed by atoms with Crippen LogP contribution in [0.4, 0.5) is 4.39 Å². The first-order valence-electron chi connectivity index (χ1n) is 9.13. The molecule has 3 aromatic carbocycles. The average Bonchev–Trinajstić information content (AvgIpc) is 3.36. The molecule has 0 saturated carbocycles. The van der Waals surface area contributed by atoms with Crippen molar-refractivity contribution in [2.45, 2.75) is 9.79 Å². The Hall–Kier alpha value is -2.88. The molecule has 2 aromatic heterocycles. The van der Waals surface area contributed by atoms with Gasteiger partial charge in [-0.05, 0) is 72.8 Å². The van der Waals surface area contributed by atoms with Crippen molar-refractivity contribution in [3.63, 3.8) is 0 Å². The van der Waals surface area contributed by atoms with Crippen molar-refractivity contribution < 1.29 is 12.8 Å². The zero-order valence-electron chi connectivity index (χ0n) is 15.7. The van der Waals surface area contributed by atoms with Gasteiger partial charge < -0.3 is 0 Å². The summed E-state index contributed by atoms with van der Waals surface area (Å²) in [4.78, 5) is 5.67. The van der Waals surface area contributed by atoms with Gasteiger partial charge in [0, 0.05) is 21.0 Å². The van der Waals surface area contributed by atoms with Crippen molar-refractivity contribution in [1.82, 2.24) is 14.6 Å². The van der Waals surface area contributed by atoms with Gasteiger partial charge in [-0.3, -0.25) is 0 Å². The molecule has 0 radical (unpaired) electrons. The Kier molecular flexibility index (Phi) is 4.96. The van der Waals surface area contributed by atoms with Crippen molar-refractivity contribution in [3.8, 4) is 22.6 Å². The van der Waals surface area contributed by atoms with E-state index in [9.17, 15) is 12.8 Å². The maximum Gasteiger partial charge on any atom is 0.213 e. The van der Waals surface area contributed by atoms with Crippen LogP contribution in [-0.2, 0) is 9.84 Å². The van der Waals surface area contributed by atoms with Gasteiger partial charge in [0.2, 0.25) is 14.8 Å². The molecule has 0 amide bonds. The first kappa shape index (κ1) is 20.0. The van der Waals surface area contributed by atoms with Gasteiger partial charge in [-0.1, -0.05) is 15.9 Å². The van der Waals surface area contributed by atoms with Gasteiger partial charge in [-0.15, -0.1) is 16.4 Å². The average molecular weight is 514 g/mol. The van der Waals surface area contributed by atoms with Crippen LogP contribution in [0.15, 0.2) is 92.4 Å². The first-order valence-corrected chi connectivity index (χ1v) is 12.3. The molecule has 31 heavy (non-hydrogen) atoms. The molecule has 5 nitrogen and oxygen atoms in total. The Morgan fingerprint density at radius 1 is 0.839 bits per heavy atom. The lowest BCUT2D eigenvalue weighted by atomic mass is 10.2. The predicted octanol–water partition coefficient (Wildman–Crippen LogP) is 5.86. The molecule has 0 aliphatic heterocycles. The number of fused-ring (bicyclic) bond motifs is 1. The van der Waals surface area contributed by atoms with E-state index in [1.165, 1.54) is 23.5 Å². The molecule has 0 N–H and O–H groups in total. The van der Waals surface area contributed by atoms with E-state index in [1.54, 1.807) is 65.2 Å². The highest BCUT2D eigenvalue weighted by Gasteiger charge is 2.18. The second kappa shape index (κ2) is 7.67. The molecule has 0 fully saturated rings. The van der Waals surface area contributed by atoms with Crippen LogP contribution in [0.25, 0.3) is 27.6 Å². The lowest BCUT2D eigenvalue weighted by Crippen LogP contribution is -2.01. The van der Waals surface area contributed by atoms with Crippen LogP contribution in [0.5, 0.6) is 0 Å². The Balaban J connectivity index is 1.48. The van der Waals surface area contributed by atoms with Gasteiger partial charge >= 0.3 is 0 Å². The van der Waals surface area contributed by atoms with E-state index in [4.69, 9.17) is 0 Å². The number of aromatic nitrogens is 3. The van der Waals surface area contributed by atoms with Crippen LogP contribution in [-0.4, -0.2) is 23.0 Å². The van der Waals surface area contributed by atoms with Crippen LogP contribution in [0.2, 0.25) is 0 Å². The highest BCUT2D eigenvalue weighted by atomic mass is 79.9. The molecular weight excluding hydrogens is 501 g/mol. The molecule has 0 saturated heterocycles. The third kappa shape index (κ3) is 3.69. The molecular formula is C22H13BrFN3O2S2. The normalized spacial score (nSPS) is 11.8. The molecule has 0 spiro atoms. The van der Waals surface area contributed by atoms with Gasteiger partial charge in [0.05, 0.1) is 15.5 Å². The third-order valence-electron chi connectivity index (χ3n) is 4.77. The molecule has 0 unspecified atom stereocenters. The van der Waals surface area contributed by atoms with E-state index in [2.05, 4.69) is 26.0 Å². The second-order valence-electron chi connectivity index (χ2n) is 6.74. The largest absolute Gasteiger partial charge is 0.219 e. The Bertz CT molecular complexity index is 1490. The van der Waals surface area contributed by atoms with Crippen molar-refractivity contribution in [2.75, 3.05) is 0 Å². The number of nitrogens with zero attached hydrogens (tertiary/aromatic N) is 3. The van der Waals surface area contributed by atoms with E-state index in [0.717, 1.165) is 15.7 Å². The number of thiazole rings is 1. The van der Waals surface area contributed by atoms with E-state index < -0.39 is 9.84 Å². The lowest BCUT2D eigenvalue weighted by Gasteiger charge is -2.05. The summed E-state index contributed by atoms with van der Waals surface area (Å²) in [5, 5.41) is 6.49. The van der Waals surface area contributed by atoms with Gasteiger partial charge in [0.15, 0.2) is 5.82 Å². The van der Waals surface area contributed by atoms with E-state index in [1.807, 2.05) is 5.38 Å². The molecule has 0 atom stereocenters. The smallest absolute Gasteiger partial charge is 0.213 e. The number of rotatable bonds is 4. The number of hydrogen-bond donors (Lipinski definition) is 0.